The minimum atomic E-state index is -0.466. The van der Waals surface area contributed by atoms with Crippen molar-refractivity contribution in [2.45, 2.75) is 25.3 Å². The van der Waals surface area contributed by atoms with E-state index >= 15 is 0 Å². The maximum absolute atomic E-state index is 12.6. The number of fused-ring (bicyclic) bond motifs is 1. The Bertz CT molecular complexity index is 828. The zero-order valence-corrected chi connectivity index (χ0v) is 14.5. The van der Waals surface area contributed by atoms with Crippen molar-refractivity contribution in [3.05, 3.63) is 51.3 Å². The number of nitro groups is 1. The van der Waals surface area contributed by atoms with Crippen LogP contribution in [0.3, 0.4) is 0 Å². The van der Waals surface area contributed by atoms with E-state index in [2.05, 4.69) is 10.4 Å². The van der Waals surface area contributed by atoms with Crippen molar-refractivity contribution >= 4 is 17.3 Å². The van der Waals surface area contributed by atoms with Crippen LogP contribution in [0.5, 0.6) is 0 Å². The van der Waals surface area contributed by atoms with Crippen LogP contribution in [-0.4, -0.2) is 34.7 Å². The Morgan fingerprint density at radius 1 is 1.44 bits per heavy atom. The number of hydrogen-bond acceptors (Lipinski definition) is 5. The molecule has 132 valence electrons. The number of aryl methyl sites for hydroxylation is 1. The standard InChI is InChI=1S/C17H21N5O3/c1-20(2)15-8-7-11(9-16(15)22(24)25)17(23)19-13-5-4-6-14-12(13)10-18-21(14)3/h7-10,13H,4-6H2,1-3H3,(H,19,23)/t13-/m0/s1. The van der Waals surface area contributed by atoms with Crippen LogP contribution in [0.25, 0.3) is 0 Å². The van der Waals surface area contributed by atoms with Gasteiger partial charge in [0.1, 0.15) is 5.69 Å². The van der Waals surface area contributed by atoms with Gasteiger partial charge >= 0.3 is 0 Å². The number of nitrogens with one attached hydrogen (secondary N) is 1. The second-order valence-electron chi connectivity index (χ2n) is 6.44. The third kappa shape index (κ3) is 3.19. The molecule has 1 aromatic heterocycles. The summed E-state index contributed by atoms with van der Waals surface area (Å²) in [5, 5.41) is 18.6. The Morgan fingerprint density at radius 2 is 2.20 bits per heavy atom. The van der Waals surface area contributed by atoms with Gasteiger partial charge in [0.2, 0.25) is 0 Å². The van der Waals surface area contributed by atoms with Crippen molar-refractivity contribution in [2.24, 2.45) is 7.05 Å². The average Bonchev–Trinajstić information content (AvgIpc) is 2.96. The molecule has 1 amide bonds. The Hall–Kier alpha value is -2.90. The van der Waals surface area contributed by atoms with Gasteiger partial charge in [-0.05, 0) is 31.4 Å². The topological polar surface area (TPSA) is 93.3 Å². The predicted molar refractivity (Wildman–Crippen MR) is 93.8 cm³/mol. The molecule has 0 fully saturated rings. The SMILES string of the molecule is CN(C)c1ccc(C(=O)N[C@H]2CCCc3c2cnn3C)cc1[N+](=O)[O-]. The summed E-state index contributed by atoms with van der Waals surface area (Å²) < 4.78 is 1.84. The molecular weight excluding hydrogens is 322 g/mol. The van der Waals surface area contributed by atoms with Crippen LogP contribution in [0.4, 0.5) is 11.4 Å². The summed E-state index contributed by atoms with van der Waals surface area (Å²) in [4.78, 5) is 25.1. The number of aromatic nitrogens is 2. The van der Waals surface area contributed by atoms with Gasteiger partial charge in [0.25, 0.3) is 11.6 Å². The summed E-state index contributed by atoms with van der Waals surface area (Å²) in [6.07, 6.45) is 4.54. The molecule has 0 saturated heterocycles. The fraction of sp³-hybridized carbons (Fsp3) is 0.412. The van der Waals surface area contributed by atoms with Gasteiger partial charge < -0.3 is 10.2 Å². The third-order valence-electron chi connectivity index (χ3n) is 4.60. The van der Waals surface area contributed by atoms with E-state index in [0.29, 0.717) is 5.69 Å². The van der Waals surface area contributed by atoms with Gasteiger partial charge in [-0.15, -0.1) is 0 Å². The highest BCUT2D eigenvalue weighted by Gasteiger charge is 2.26. The summed E-state index contributed by atoms with van der Waals surface area (Å²) >= 11 is 0. The predicted octanol–water partition coefficient (Wildman–Crippen LogP) is 2.20. The van der Waals surface area contributed by atoms with Crippen LogP contribution in [-0.2, 0) is 13.5 Å². The molecule has 8 heteroatoms. The number of nitro benzene ring substituents is 1. The summed E-state index contributed by atoms with van der Waals surface area (Å²) in [5.74, 6) is -0.310. The van der Waals surface area contributed by atoms with Crippen molar-refractivity contribution in [3.8, 4) is 0 Å². The molecule has 1 heterocycles. The molecule has 0 spiro atoms. The number of benzene rings is 1. The summed E-state index contributed by atoms with van der Waals surface area (Å²) in [6, 6.07) is 4.43. The quantitative estimate of drug-likeness (QED) is 0.678. The zero-order chi connectivity index (χ0) is 18.1. The molecule has 1 aromatic carbocycles. The van der Waals surface area contributed by atoms with Gasteiger partial charge in [0.05, 0.1) is 17.2 Å². The lowest BCUT2D eigenvalue weighted by Crippen LogP contribution is -2.31. The van der Waals surface area contributed by atoms with Crippen LogP contribution < -0.4 is 10.2 Å². The molecule has 1 N–H and O–H groups in total. The van der Waals surface area contributed by atoms with Crippen LogP contribution >= 0.6 is 0 Å². The molecule has 1 aliphatic carbocycles. The van der Waals surface area contributed by atoms with E-state index in [0.717, 1.165) is 30.5 Å². The fourth-order valence-electron chi connectivity index (χ4n) is 3.29. The van der Waals surface area contributed by atoms with E-state index in [9.17, 15) is 14.9 Å². The molecule has 25 heavy (non-hydrogen) atoms. The van der Waals surface area contributed by atoms with Crippen LogP contribution in [0.1, 0.15) is 40.5 Å². The molecular formula is C17H21N5O3. The number of carbonyl (C=O) groups excluding carboxylic acids is 1. The van der Waals surface area contributed by atoms with Crippen molar-refractivity contribution in [1.29, 1.82) is 0 Å². The smallest absolute Gasteiger partial charge is 0.293 e. The highest BCUT2D eigenvalue weighted by molar-refractivity contribution is 5.96. The van der Waals surface area contributed by atoms with Crippen LogP contribution in [0.15, 0.2) is 24.4 Å². The number of hydrogen-bond donors (Lipinski definition) is 1. The largest absolute Gasteiger partial charge is 0.372 e. The van der Waals surface area contributed by atoms with Gasteiger partial charge in [-0.3, -0.25) is 19.6 Å². The Kier molecular flexibility index (Phi) is 4.43. The lowest BCUT2D eigenvalue weighted by Gasteiger charge is -2.24. The molecule has 1 atom stereocenters. The van der Waals surface area contributed by atoms with Crippen molar-refractivity contribution in [1.82, 2.24) is 15.1 Å². The van der Waals surface area contributed by atoms with E-state index in [-0.39, 0.29) is 23.2 Å². The van der Waals surface area contributed by atoms with Crippen molar-refractivity contribution < 1.29 is 9.72 Å². The lowest BCUT2D eigenvalue weighted by atomic mass is 9.92. The molecule has 1 aliphatic rings. The maximum atomic E-state index is 12.6. The average molecular weight is 343 g/mol. The minimum Gasteiger partial charge on any atom is -0.372 e. The van der Waals surface area contributed by atoms with Gasteiger partial charge in [-0.25, -0.2) is 0 Å². The number of amides is 1. The highest BCUT2D eigenvalue weighted by atomic mass is 16.6. The zero-order valence-electron chi connectivity index (χ0n) is 14.5. The second-order valence-corrected chi connectivity index (χ2v) is 6.44. The van der Waals surface area contributed by atoms with Gasteiger partial charge in [-0.1, -0.05) is 0 Å². The maximum Gasteiger partial charge on any atom is 0.293 e. The fourth-order valence-corrected chi connectivity index (χ4v) is 3.29. The molecule has 2 aromatic rings. The molecule has 0 unspecified atom stereocenters. The highest BCUT2D eigenvalue weighted by Crippen LogP contribution is 2.31. The summed E-state index contributed by atoms with van der Waals surface area (Å²) in [6.45, 7) is 0. The van der Waals surface area contributed by atoms with Crippen LogP contribution in [0, 0.1) is 10.1 Å². The third-order valence-corrected chi connectivity index (χ3v) is 4.60. The molecule has 0 bridgehead atoms. The first kappa shape index (κ1) is 16.9. The normalized spacial score (nSPS) is 16.2. The number of nitrogens with zero attached hydrogens (tertiary/aromatic N) is 4. The van der Waals surface area contributed by atoms with Crippen molar-refractivity contribution in [3.63, 3.8) is 0 Å². The van der Waals surface area contributed by atoms with E-state index < -0.39 is 4.92 Å². The Balaban J connectivity index is 1.85. The minimum absolute atomic E-state index is 0.0802. The number of anilines is 1. The summed E-state index contributed by atoms with van der Waals surface area (Å²) in [5.41, 5.74) is 2.83. The monoisotopic (exact) mass is 343 g/mol. The van der Waals surface area contributed by atoms with Gasteiger partial charge in [0.15, 0.2) is 0 Å². The Morgan fingerprint density at radius 3 is 2.88 bits per heavy atom. The molecule has 0 radical (unpaired) electrons. The van der Waals surface area contributed by atoms with Gasteiger partial charge in [-0.2, -0.15) is 5.10 Å². The lowest BCUT2D eigenvalue weighted by molar-refractivity contribution is -0.384. The van der Waals surface area contributed by atoms with Crippen LogP contribution in [0.2, 0.25) is 0 Å². The van der Waals surface area contributed by atoms with E-state index in [4.69, 9.17) is 0 Å². The van der Waals surface area contributed by atoms with Crippen molar-refractivity contribution in [2.75, 3.05) is 19.0 Å². The molecule has 0 aliphatic heterocycles. The van der Waals surface area contributed by atoms with Gasteiger partial charge in [0, 0.05) is 44.0 Å². The first-order valence-corrected chi connectivity index (χ1v) is 8.16. The van der Waals surface area contributed by atoms with E-state index in [1.54, 1.807) is 37.3 Å². The molecule has 0 saturated carbocycles. The molecule has 8 nitrogen and oxygen atoms in total. The first-order chi connectivity index (χ1) is 11.9. The number of carbonyl (C=O) groups is 1. The Labute approximate surface area is 145 Å². The second kappa shape index (κ2) is 6.54. The van der Waals surface area contributed by atoms with E-state index in [1.165, 1.54) is 6.07 Å². The molecule has 3 rings (SSSR count). The first-order valence-electron chi connectivity index (χ1n) is 8.16. The van der Waals surface area contributed by atoms with E-state index in [1.807, 2.05) is 11.7 Å². The number of rotatable bonds is 4. The summed E-state index contributed by atoms with van der Waals surface area (Å²) in [7, 11) is 5.36.